The van der Waals surface area contributed by atoms with Crippen molar-refractivity contribution in [2.45, 2.75) is 111 Å². The van der Waals surface area contributed by atoms with Crippen LogP contribution >= 0.6 is 0 Å². The van der Waals surface area contributed by atoms with Gasteiger partial charge in [0.05, 0.1) is 0 Å². The predicted molar refractivity (Wildman–Crippen MR) is 214 cm³/mol. The number of rotatable bonds is 0. The van der Waals surface area contributed by atoms with Crippen molar-refractivity contribution in [1.82, 2.24) is 0 Å². The van der Waals surface area contributed by atoms with Gasteiger partial charge >= 0.3 is 0 Å². The van der Waals surface area contributed by atoms with Crippen molar-refractivity contribution in [2.24, 2.45) is 0 Å². The van der Waals surface area contributed by atoms with Gasteiger partial charge in [0.1, 0.15) is 0 Å². The summed E-state index contributed by atoms with van der Waals surface area (Å²) < 4.78 is 0. The molecule has 0 N–H and O–H groups in total. The highest BCUT2D eigenvalue weighted by atomic mass is 14.0. The molecule has 0 aliphatic carbocycles. The van der Waals surface area contributed by atoms with Gasteiger partial charge in [0, 0.05) is 0 Å². The molecular weight excluding hydrogens is 528 g/mol. The van der Waals surface area contributed by atoms with Crippen LogP contribution in [0.3, 0.4) is 0 Å². The van der Waals surface area contributed by atoms with Crippen LogP contribution in [-0.2, 0) is 0 Å². The summed E-state index contributed by atoms with van der Waals surface area (Å²) >= 11 is 0. The molecular formula is C44H68. The Morgan fingerprint density at radius 1 is 0.205 bits per heavy atom. The molecule has 0 unspecified atom stereocenters. The van der Waals surface area contributed by atoms with Gasteiger partial charge in [-0.1, -0.05) is 220 Å². The third-order valence-corrected chi connectivity index (χ3v) is 5.27. The van der Waals surface area contributed by atoms with Crippen LogP contribution in [0.2, 0.25) is 0 Å². The van der Waals surface area contributed by atoms with Crippen LogP contribution in [0.15, 0.2) is 121 Å². The Morgan fingerprint density at radius 3 is 0.614 bits per heavy atom. The van der Waals surface area contributed by atoms with Crippen molar-refractivity contribution in [3.05, 3.63) is 121 Å². The minimum absolute atomic E-state index is 1.31. The highest BCUT2D eigenvalue weighted by Gasteiger charge is 1.97. The van der Waals surface area contributed by atoms with Gasteiger partial charge in [0.25, 0.3) is 0 Å². The molecule has 0 saturated heterocycles. The van der Waals surface area contributed by atoms with Gasteiger partial charge in [-0.15, -0.1) is 0 Å². The maximum absolute atomic E-state index is 2.24. The zero-order valence-corrected chi connectivity index (χ0v) is 31.5. The van der Waals surface area contributed by atoms with Gasteiger partial charge in [-0.3, -0.25) is 0 Å². The molecule has 0 heterocycles. The number of fused-ring (bicyclic) bond motifs is 5. The third-order valence-electron chi connectivity index (χ3n) is 5.27. The molecule has 0 saturated carbocycles. The van der Waals surface area contributed by atoms with E-state index in [0.29, 0.717) is 0 Å². The second-order valence-corrected chi connectivity index (χ2v) is 7.05. The number of hydrogen-bond donors (Lipinski definition) is 0. The van der Waals surface area contributed by atoms with Gasteiger partial charge in [-0.2, -0.15) is 0 Å². The summed E-state index contributed by atoms with van der Waals surface area (Å²) in [6.07, 6.45) is 0. The lowest BCUT2D eigenvalue weighted by Crippen LogP contribution is -1.75. The summed E-state index contributed by atoms with van der Waals surface area (Å²) in [5, 5.41) is 10.5. The maximum Gasteiger partial charge on any atom is -0.0105 e. The summed E-state index contributed by atoms with van der Waals surface area (Å²) in [7, 11) is 0. The monoisotopic (exact) mass is 597 g/mol. The van der Waals surface area contributed by atoms with Crippen LogP contribution in [0.1, 0.15) is 111 Å². The van der Waals surface area contributed by atoms with E-state index in [4.69, 9.17) is 0 Å². The largest absolute Gasteiger partial charge is 0.0683 e. The molecule has 0 nitrogen and oxygen atoms in total. The first-order valence-corrected chi connectivity index (χ1v) is 17.6. The van der Waals surface area contributed by atoms with Crippen molar-refractivity contribution in [1.29, 1.82) is 0 Å². The predicted octanol–water partition coefficient (Wildman–Crippen LogP) is 16.2. The molecule has 0 aliphatic rings. The molecule has 44 heavy (non-hydrogen) atoms. The standard InChI is InChI=1S/2C14H10.8C2H6/c1-3-7-13-11(5-1)9-10-12-6-2-4-8-14(12)13;1-2-6-12-10-14-8-4-3-7-13(14)9-11(12)5-1;8*1-2/h2*1-10H;8*1-2H3. The Hall–Kier alpha value is -3.64. The van der Waals surface area contributed by atoms with E-state index in [1.165, 1.54) is 43.1 Å². The summed E-state index contributed by atoms with van der Waals surface area (Å²) in [5.41, 5.74) is 0. The fraction of sp³-hybridized carbons (Fsp3) is 0.364. The van der Waals surface area contributed by atoms with E-state index in [1.54, 1.807) is 0 Å². The first-order chi connectivity index (χ1) is 21.9. The van der Waals surface area contributed by atoms with Crippen molar-refractivity contribution < 1.29 is 0 Å². The van der Waals surface area contributed by atoms with Gasteiger partial charge in [-0.05, 0) is 55.2 Å². The average Bonchev–Trinajstić information content (AvgIpc) is 3.17. The molecule has 0 fully saturated rings. The summed E-state index contributed by atoms with van der Waals surface area (Å²) in [6.45, 7) is 32.0. The SMILES string of the molecule is CC.CC.CC.CC.CC.CC.CC.CC.c1ccc2c(c1)ccc1ccccc12.c1ccc2cc3ccccc3cc2c1. The lowest BCUT2D eigenvalue weighted by atomic mass is 10.0. The van der Waals surface area contributed by atoms with E-state index >= 15 is 0 Å². The van der Waals surface area contributed by atoms with Crippen LogP contribution in [0.4, 0.5) is 0 Å². The average molecular weight is 597 g/mol. The van der Waals surface area contributed by atoms with Crippen molar-refractivity contribution >= 4 is 43.1 Å². The topological polar surface area (TPSA) is 0 Å². The summed E-state index contributed by atoms with van der Waals surface area (Å²) in [4.78, 5) is 0. The van der Waals surface area contributed by atoms with Gasteiger partial charge in [0.15, 0.2) is 0 Å². The van der Waals surface area contributed by atoms with E-state index in [2.05, 4.69) is 121 Å². The normalized spacial score (nSPS) is 8.00. The van der Waals surface area contributed by atoms with E-state index in [0.717, 1.165) is 0 Å². The van der Waals surface area contributed by atoms with Crippen LogP contribution in [0, 0.1) is 0 Å². The molecule has 6 aromatic carbocycles. The Balaban J connectivity index is -0.000000251. The third kappa shape index (κ3) is 16.3. The molecule has 244 valence electrons. The fourth-order valence-corrected chi connectivity index (χ4v) is 3.84. The molecule has 0 spiro atoms. The zero-order chi connectivity index (χ0) is 34.8. The lowest BCUT2D eigenvalue weighted by Gasteiger charge is -2.02. The highest BCUT2D eigenvalue weighted by molar-refractivity contribution is 6.07. The Labute approximate surface area is 274 Å². The first kappa shape index (κ1) is 47.3. The van der Waals surface area contributed by atoms with E-state index in [9.17, 15) is 0 Å². The molecule has 0 bridgehead atoms. The highest BCUT2D eigenvalue weighted by Crippen LogP contribution is 2.24. The second kappa shape index (κ2) is 35.6. The van der Waals surface area contributed by atoms with Crippen molar-refractivity contribution in [3.63, 3.8) is 0 Å². The van der Waals surface area contributed by atoms with Crippen LogP contribution in [0.25, 0.3) is 43.1 Å². The molecule has 0 aromatic heterocycles. The molecule has 6 aromatic rings. The fourth-order valence-electron chi connectivity index (χ4n) is 3.84. The Kier molecular flexibility index (Phi) is 38.2. The minimum Gasteiger partial charge on any atom is -0.0683 e. The van der Waals surface area contributed by atoms with Crippen LogP contribution in [-0.4, -0.2) is 0 Å². The van der Waals surface area contributed by atoms with E-state index < -0.39 is 0 Å². The zero-order valence-electron chi connectivity index (χ0n) is 31.5. The van der Waals surface area contributed by atoms with E-state index in [-0.39, 0.29) is 0 Å². The summed E-state index contributed by atoms with van der Waals surface area (Å²) in [5.74, 6) is 0. The van der Waals surface area contributed by atoms with Crippen molar-refractivity contribution in [2.75, 3.05) is 0 Å². The summed E-state index contributed by atoms with van der Waals surface area (Å²) in [6, 6.07) is 42.8. The first-order valence-electron chi connectivity index (χ1n) is 17.6. The quantitative estimate of drug-likeness (QED) is 0.121. The van der Waals surface area contributed by atoms with Crippen LogP contribution < -0.4 is 0 Å². The molecule has 0 aliphatic heterocycles. The smallest absolute Gasteiger partial charge is 0.0105 e. The number of hydrogen-bond acceptors (Lipinski definition) is 0. The lowest BCUT2D eigenvalue weighted by molar-refractivity contribution is 1.50. The maximum atomic E-state index is 2.24. The molecule has 0 radical (unpaired) electrons. The minimum atomic E-state index is 1.31. The van der Waals surface area contributed by atoms with Crippen LogP contribution in [0.5, 0.6) is 0 Å². The molecule has 0 heteroatoms. The van der Waals surface area contributed by atoms with Crippen molar-refractivity contribution in [3.8, 4) is 0 Å². The molecule has 0 atom stereocenters. The van der Waals surface area contributed by atoms with Gasteiger partial charge in [-0.25, -0.2) is 0 Å². The van der Waals surface area contributed by atoms with Gasteiger partial charge < -0.3 is 0 Å². The molecule has 6 rings (SSSR count). The van der Waals surface area contributed by atoms with Gasteiger partial charge in [0.2, 0.25) is 0 Å². The Bertz CT molecular complexity index is 1230. The van der Waals surface area contributed by atoms with E-state index in [1.807, 2.05) is 111 Å². The second-order valence-electron chi connectivity index (χ2n) is 7.05. The number of benzene rings is 6. The Morgan fingerprint density at radius 2 is 0.386 bits per heavy atom. The molecule has 0 amide bonds.